The van der Waals surface area contributed by atoms with E-state index in [2.05, 4.69) is 4.99 Å². The number of carbonyl (C=O) groups is 1. The van der Waals surface area contributed by atoms with Gasteiger partial charge >= 0.3 is 7.60 Å². The van der Waals surface area contributed by atoms with Gasteiger partial charge in [0.15, 0.2) is 0 Å². The Balaban J connectivity index is 1.95. The Morgan fingerprint density at radius 2 is 1.88 bits per heavy atom. The van der Waals surface area contributed by atoms with Gasteiger partial charge in [0, 0.05) is 12.8 Å². The molecule has 1 fully saturated rings. The molecule has 1 atom stereocenters. The van der Waals surface area contributed by atoms with Gasteiger partial charge in [0.05, 0.1) is 24.3 Å². The van der Waals surface area contributed by atoms with E-state index in [9.17, 15) is 9.36 Å². The molecule has 0 aliphatic carbocycles. The van der Waals surface area contributed by atoms with Crippen molar-refractivity contribution in [2.75, 3.05) is 26.0 Å². The molecular weight excluding hydrogens is 386 g/mol. The molecule has 1 saturated heterocycles. The van der Waals surface area contributed by atoms with Crippen LogP contribution in [-0.4, -0.2) is 47.4 Å². The van der Waals surface area contributed by atoms with E-state index in [-0.39, 0.29) is 26.0 Å². The highest BCUT2D eigenvalue weighted by Crippen LogP contribution is 2.57. The molecule has 9 heteroatoms. The topological polar surface area (TPSA) is 68.2 Å². The Labute approximate surface area is 156 Å². The minimum Gasteiger partial charge on any atom is -0.327 e. The first-order valence-corrected chi connectivity index (χ1v) is 10.5. The van der Waals surface area contributed by atoms with Crippen molar-refractivity contribution in [3.8, 4) is 0 Å². The lowest BCUT2D eigenvalue weighted by Crippen LogP contribution is -2.44. The van der Waals surface area contributed by atoms with Gasteiger partial charge in [0.2, 0.25) is 4.33 Å². The Hall–Kier alpha value is -0.910. The fourth-order valence-electron chi connectivity index (χ4n) is 3.29. The van der Waals surface area contributed by atoms with Crippen molar-refractivity contribution in [1.29, 1.82) is 0 Å². The van der Waals surface area contributed by atoms with E-state index in [4.69, 9.17) is 32.2 Å². The van der Waals surface area contributed by atoms with Gasteiger partial charge in [-0.15, -0.1) is 0 Å². The number of hydrogen-bond acceptors (Lipinski definition) is 5. The maximum atomic E-state index is 12.9. The highest BCUT2D eigenvalue weighted by molar-refractivity contribution is 7.53. The van der Waals surface area contributed by atoms with E-state index < -0.39 is 23.3 Å². The fraction of sp³-hybridized carbons (Fsp3) is 0.500. The van der Waals surface area contributed by atoms with Gasteiger partial charge in [-0.25, -0.2) is 0 Å². The predicted octanol–water partition coefficient (Wildman–Crippen LogP) is 3.88. The molecular formula is C16H19Cl2N2O4P. The van der Waals surface area contributed by atoms with Crippen LogP contribution in [-0.2, 0) is 23.8 Å². The first kappa shape index (κ1) is 18.9. The van der Waals surface area contributed by atoms with Crippen LogP contribution in [0.1, 0.15) is 19.4 Å². The summed E-state index contributed by atoms with van der Waals surface area (Å²) in [6, 6.07) is 7.38. The first-order valence-electron chi connectivity index (χ1n) is 8.00. The molecule has 6 nitrogen and oxygen atoms in total. The van der Waals surface area contributed by atoms with Crippen molar-refractivity contribution in [3.63, 3.8) is 0 Å². The van der Waals surface area contributed by atoms with E-state index in [1.165, 1.54) is 4.90 Å². The summed E-state index contributed by atoms with van der Waals surface area (Å²) in [7, 11) is -3.46. The lowest BCUT2D eigenvalue weighted by atomic mass is 9.81. The number of amides is 1. The fourth-order valence-corrected chi connectivity index (χ4v) is 5.62. The van der Waals surface area contributed by atoms with Gasteiger partial charge in [-0.1, -0.05) is 41.4 Å². The summed E-state index contributed by atoms with van der Waals surface area (Å²) in [5.74, 6) is -0.529. The second-order valence-corrected chi connectivity index (χ2v) is 9.26. The predicted molar refractivity (Wildman–Crippen MR) is 98.1 cm³/mol. The number of benzene rings is 1. The quantitative estimate of drug-likeness (QED) is 0.532. The van der Waals surface area contributed by atoms with Crippen LogP contribution in [0.2, 0.25) is 0 Å². The smallest absolute Gasteiger partial charge is 0.327 e. The van der Waals surface area contributed by atoms with E-state index in [0.29, 0.717) is 0 Å². The molecule has 0 saturated carbocycles. The van der Waals surface area contributed by atoms with Crippen LogP contribution in [0, 0.1) is 0 Å². The van der Waals surface area contributed by atoms with Gasteiger partial charge in [-0.3, -0.25) is 14.4 Å². The molecule has 1 amide bonds. The molecule has 1 spiro atoms. The molecule has 0 N–H and O–H groups in total. The summed E-state index contributed by atoms with van der Waals surface area (Å²) in [6.45, 7) is 4.01. The van der Waals surface area contributed by atoms with E-state index in [0.717, 1.165) is 11.3 Å². The maximum absolute atomic E-state index is 12.9. The van der Waals surface area contributed by atoms with Crippen LogP contribution >= 0.6 is 30.8 Å². The van der Waals surface area contributed by atoms with Crippen molar-refractivity contribution < 1.29 is 18.4 Å². The van der Waals surface area contributed by atoms with Crippen molar-refractivity contribution >= 4 is 48.6 Å². The zero-order valence-electron chi connectivity index (χ0n) is 13.9. The van der Waals surface area contributed by atoms with Crippen LogP contribution in [0.4, 0.5) is 5.69 Å². The van der Waals surface area contributed by atoms with Crippen LogP contribution in [0.5, 0.6) is 0 Å². The molecule has 2 heterocycles. The van der Waals surface area contributed by atoms with Crippen LogP contribution in [0.15, 0.2) is 29.3 Å². The van der Waals surface area contributed by atoms with Gasteiger partial charge in [0.1, 0.15) is 6.29 Å². The van der Waals surface area contributed by atoms with Crippen LogP contribution < -0.4 is 0 Å². The Bertz CT molecular complexity index is 760. The number of fused-ring (bicyclic) bond motifs is 2. The summed E-state index contributed by atoms with van der Waals surface area (Å²) in [6.07, 6.45) is 1.41. The largest absolute Gasteiger partial charge is 0.349 e. The molecule has 1 aromatic rings. The monoisotopic (exact) mass is 404 g/mol. The highest BCUT2D eigenvalue weighted by Gasteiger charge is 2.65. The summed E-state index contributed by atoms with van der Waals surface area (Å²) in [4.78, 5) is 18.6. The molecule has 3 rings (SSSR count). The second-order valence-electron chi connectivity index (χ2n) is 5.91. The minimum atomic E-state index is -3.46. The van der Waals surface area contributed by atoms with Crippen molar-refractivity contribution in [1.82, 2.24) is 4.90 Å². The van der Waals surface area contributed by atoms with Crippen molar-refractivity contribution in [3.05, 3.63) is 29.8 Å². The lowest BCUT2D eigenvalue weighted by molar-refractivity contribution is -0.127. The van der Waals surface area contributed by atoms with Gasteiger partial charge in [-0.2, -0.15) is 0 Å². The molecule has 0 aromatic heterocycles. The van der Waals surface area contributed by atoms with Gasteiger partial charge in [0.25, 0.3) is 5.91 Å². The first-order chi connectivity index (χ1) is 11.8. The number of halogens is 2. The molecule has 2 aliphatic rings. The zero-order chi connectivity index (χ0) is 18.3. The highest BCUT2D eigenvalue weighted by atomic mass is 35.5. The van der Waals surface area contributed by atoms with Gasteiger partial charge < -0.3 is 13.9 Å². The number of likely N-dealkylation sites (tertiary alicyclic amines) is 1. The van der Waals surface area contributed by atoms with Crippen LogP contribution in [0.3, 0.4) is 0 Å². The number of nitrogens with zero attached hydrogens (tertiary/aromatic N) is 2. The maximum Gasteiger partial charge on any atom is 0.349 e. The molecule has 0 radical (unpaired) electrons. The molecule has 0 bridgehead atoms. The standard InChI is InChI=1S/C16H19Cl2N2O4P/c1-3-23-25(22,24-4-2)11-20-10-15(16(17,18)14(20)21)9-19-13-8-6-5-7-12(13)15/h5-9H,3-4,10-11H2,1-2H3. The number of alkyl halides is 2. The zero-order valence-corrected chi connectivity index (χ0v) is 16.4. The van der Waals surface area contributed by atoms with Crippen molar-refractivity contribution in [2.45, 2.75) is 23.6 Å². The number of para-hydroxylation sites is 1. The molecule has 25 heavy (non-hydrogen) atoms. The molecule has 1 aromatic carbocycles. The third-order valence-corrected chi connectivity index (χ3v) is 7.35. The number of aliphatic imine (C=N–C) groups is 1. The van der Waals surface area contributed by atoms with E-state index in [1.54, 1.807) is 20.1 Å². The SMILES string of the molecule is CCOP(=O)(CN1CC2(C=Nc3ccccc32)C(Cl)(Cl)C1=O)OCC. The van der Waals surface area contributed by atoms with E-state index >= 15 is 0 Å². The van der Waals surface area contributed by atoms with Crippen molar-refractivity contribution in [2.24, 2.45) is 4.99 Å². The molecule has 2 aliphatic heterocycles. The number of hydrogen-bond donors (Lipinski definition) is 0. The summed E-state index contributed by atoms with van der Waals surface area (Å²) in [5, 5.41) is 0. The van der Waals surface area contributed by atoms with Crippen LogP contribution in [0.25, 0.3) is 0 Å². The van der Waals surface area contributed by atoms with Gasteiger partial charge in [-0.05, 0) is 25.5 Å². The number of rotatable bonds is 6. The molecule has 1 unspecified atom stereocenters. The Morgan fingerprint density at radius 3 is 2.52 bits per heavy atom. The minimum absolute atomic E-state index is 0.156. The third kappa shape index (κ3) is 2.94. The number of carbonyl (C=O) groups excluding carboxylic acids is 1. The second kappa shape index (κ2) is 6.67. The van der Waals surface area contributed by atoms with E-state index in [1.807, 2.05) is 24.3 Å². The normalized spacial score (nSPS) is 24.3. The average Bonchev–Trinajstić information content (AvgIpc) is 3.02. The average molecular weight is 405 g/mol. The summed E-state index contributed by atoms with van der Waals surface area (Å²) >= 11 is 13.0. The summed E-state index contributed by atoms with van der Waals surface area (Å²) < 4.78 is 21.6. The summed E-state index contributed by atoms with van der Waals surface area (Å²) in [5.41, 5.74) is 0.506. The Kier molecular flexibility index (Phi) is 5.04. The Morgan fingerprint density at radius 1 is 1.24 bits per heavy atom. The third-order valence-electron chi connectivity index (χ3n) is 4.36. The molecule has 136 valence electrons. The lowest BCUT2D eigenvalue weighted by Gasteiger charge is -2.29.